The van der Waals surface area contributed by atoms with Crippen molar-refractivity contribution in [3.63, 3.8) is 0 Å². The first kappa shape index (κ1) is 23.9. The van der Waals surface area contributed by atoms with Gasteiger partial charge in [-0.1, -0.05) is 13.8 Å². The second kappa shape index (κ2) is 8.85. The Hall–Kier alpha value is -1.23. The molecule has 0 saturated heterocycles. The number of carbonyl (C=O) groups is 3. The van der Waals surface area contributed by atoms with Gasteiger partial charge in [0.15, 0.2) is 0 Å². The summed E-state index contributed by atoms with van der Waals surface area (Å²) < 4.78 is 5.81. The molecule has 0 aromatic rings. The van der Waals surface area contributed by atoms with Crippen LogP contribution in [0, 0.1) is 40.4 Å². The number of rotatable bonds is 6. The summed E-state index contributed by atoms with van der Waals surface area (Å²) in [6, 6.07) is -0.517. The minimum absolute atomic E-state index is 0.00930. The molecule has 0 aliphatic heterocycles. The number of Topliss-reactive ketones (excluding diaryl/α,β-unsaturated/α-hetero) is 2. The van der Waals surface area contributed by atoms with E-state index < -0.39 is 6.04 Å². The van der Waals surface area contributed by atoms with Gasteiger partial charge >= 0.3 is 5.97 Å². The fourth-order valence-corrected chi connectivity index (χ4v) is 8.69. The van der Waals surface area contributed by atoms with Gasteiger partial charge in [0.25, 0.3) is 0 Å². The largest absolute Gasteiger partial charge is 0.462 e. The summed E-state index contributed by atoms with van der Waals surface area (Å²) in [5, 5.41) is 0. The van der Waals surface area contributed by atoms with Gasteiger partial charge in [-0.15, -0.1) is 0 Å². The van der Waals surface area contributed by atoms with Crippen LogP contribution in [0.25, 0.3) is 0 Å². The molecule has 0 aromatic heterocycles. The van der Waals surface area contributed by atoms with E-state index in [4.69, 9.17) is 10.5 Å². The predicted molar refractivity (Wildman–Crippen MR) is 124 cm³/mol. The number of fused-ring (bicyclic) bond motifs is 5. The SMILES string of the molecule is CC(=O)[C@H]1CC[C@H]2[C@@H]3CC[C@H]4C[C@H](OC(=O)CCC(=O)[C@H](C)N)CC[C@]4(C)[C@H]3CC[C@]12C. The van der Waals surface area contributed by atoms with E-state index in [0.29, 0.717) is 23.0 Å². The molecule has 0 aromatic carbocycles. The summed E-state index contributed by atoms with van der Waals surface area (Å²) in [5.74, 6) is 3.13. The Balaban J connectivity index is 1.37. The molecule has 0 spiro atoms. The third-order valence-corrected chi connectivity index (χ3v) is 10.5. The Morgan fingerprint density at radius 1 is 0.938 bits per heavy atom. The Labute approximate surface area is 193 Å². The maximum absolute atomic E-state index is 12.3. The van der Waals surface area contributed by atoms with Crippen LogP contribution in [0.2, 0.25) is 0 Å². The topological polar surface area (TPSA) is 86.5 Å². The fourth-order valence-electron chi connectivity index (χ4n) is 8.69. The quantitative estimate of drug-likeness (QED) is 0.591. The summed E-state index contributed by atoms with van der Waals surface area (Å²) in [6.07, 6.45) is 10.6. The van der Waals surface area contributed by atoms with E-state index in [0.717, 1.165) is 37.5 Å². The third kappa shape index (κ3) is 4.08. The van der Waals surface area contributed by atoms with E-state index in [1.165, 1.54) is 32.1 Å². The zero-order valence-electron chi connectivity index (χ0n) is 20.5. The van der Waals surface area contributed by atoms with Gasteiger partial charge < -0.3 is 10.5 Å². The molecule has 32 heavy (non-hydrogen) atoms. The van der Waals surface area contributed by atoms with Crippen molar-refractivity contribution in [1.82, 2.24) is 0 Å². The lowest BCUT2D eigenvalue weighted by atomic mass is 9.44. The summed E-state index contributed by atoms with van der Waals surface area (Å²) in [4.78, 5) is 36.4. The molecule has 4 fully saturated rings. The Morgan fingerprint density at radius 3 is 2.31 bits per heavy atom. The lowest BCUT2D eigenvalue weighted by Crippen LogP contribution is -2.54. The van der Waals surface area contributed by atoms with E-state index in [-0.39, 0.29) is 42.0 Å². The molecule has 0 unspecified atom stereocenters. The second-order valence-corrected chi connectivity index (χ2v) is 12.1. The zero-order chi connectivity index (χ0) is 23.3. The number of hydrogen-bond donors (Lipinski definition) is 1. The smallest absolute Gasteiger partial charge is 0.306 e. The molecule has 4 rings (SSSR count). The molecule has 0 bridgehead atoms. The first-order chi connectivity index (χ1) is 15.1. The molecule has 2 N–H and O–H groups in total. The highest BCUT2D eigenvalue weighted by Gasteiger charge is 2.60. The molecule has 4 aliphatic rings. The average Bonchev–Trinajstić information content (AvgIpc) is 3.09. The summed E-state index contributed by atoms with van der Waals surface area (Å²) >= 11 is 0. The highest BCUT2D eigenvalue weighted by atomic mass is 16.5. The van der Waals surface area contributed by atoms with Crippen molar-refractivity contribution in [2.45, 2.75) is 110 Å². The van der Waals surface area contributed by atoms with Crippen LogP contribution >= 0.6 is 0 Å². The Bertz CT molecular complexity index is 763. The molecule has 5 nitrogen and oxygen atoms in total. The van der Waals surface area contributed by atoms with Gasteiger partial charge in [-0.25, -0.2) is 0 Å². The van der Waals surface area contributed by atoms with Crippen LogP contribution < -0.4 is 5.73 Å². The van der Waals surface area contributed by atoms with Gasteiger partial charge in [-0.3, -0.25) is 14.4 Å². The summed E-state index contributed by atoms with van der Waals surface area (Å²) in [6.45, 7) is 8.38. The zero-order valence-corrected chi connectivity index (χ0v) is 20.5. The number of nitrogens with two attached hydrogens (primary N) is 1. The number of hydrogen-bond acceptors (Lipinski definition) is 5. The van der Waals surface area contributed by atoms with Gasteiger partial charge in [0.2, 0.25) is 0 Å². The number of ether oxygens (including phenoxy) is 1. The van der Waals surface area contributed by atoms with Gasteiger partial charge in [0, 0.05) is 12.3 Å². The van der Waals surface area contributed by atoms with E-state index in [2.05, 4.69) is 13.8 Å². The summed E-state index contributed by atoms with van der Waals surface area (Å²) in [7, 11) is 0. The van der Waals surface area contributed by atoms with Crippen LogP contribution in [-0.4, -0.2) is 29.7 Å². The normalized spacial score (nSPS) is 44.0. The van der Waals surface area contributed by atoms with Crippen molar-refractivity contribution in [3.8, 4) is 0 Å². The van der Waals surface area contributed by atoms with Gasteiger partial charge in [0.1, 0.15) is 17.7 Å². The highest BCUT2D eigenvalue weighted by molar-refractivity contribution is 5.86. The Kier molecular flexibility index (Phi) is 6.61. The van der Waals surface area contributed by atoms with E-state index in [9.17, 15) is 14.4 Å². The first-order valence-corrected chi connectivity index (χ1v) is 13.0. The molecule has 0 amide bonds. The standard InChI is InChI=1S/C27H43NO4/c1-16(28)24(30)9-10-25(31)32-19-11-13-26(3)18(15-19)5-6-20-22-8-7-21(17(2)29)27(22,4)14-12-23(20)26/h16,18-23H,5-15,28H2,1-4H3/t16-,18-,19+,20-,21+,22-,23-,26-,27+/m0/s1. The predicted octanol–water partition coefficient (Wildman–Crippen LogP) is 4.84. The van der Waals surface area contributed by atoms with Gasteiger partial charge in [-0.05, 0) is 106 Å². The fraction of sp³-hybridized carbons (Fsp3) is 0.889. The lowest BCUT2D eigenvalue weighted by molar-refractivity contribution is -0.163. The van der Waals surface area contributed by atoms with Crippen LogP contribution in [0.5, 0.6) is 0 Å². The van der Waals surface area contributed by atoms with Crippen molar-refractivity contribution >= 4 is 17.5 Å². The van der Waals surface area contributed by atoms with Crippen molar-refractivity contribution in [3.05, 3.63) is 0 Å². The maximum atomic E-state index is 12.3. The van der Waals surface area contributed by atoms with Crippen LogP contribution in [-0.2, 0) is 19.1 Å². The van der Waals surface area contributed by atoms with E-state index in [1.54, 1.807) is 13.8 Å². The second-order valence-electron chi connectivity index (χ2n) is 12.1. The van der Waals surface area contributed by atoms with Crippen LogP contribution in [0.1, 0.15) is 98.3 Å². The van der Waals surface area contributed by atoms with Crippen LogP contribution in [0.15, 0.2) is 0 Å². The monoisotopic (exact) mass is 445 g/mol. The highest BCUT2D eigenvalue weighted by Crippen LogP contribution is 2.67. The van der Waals surface area contributed by atoms with E-state index >= 15 is 0 Å². The number of ketones is 2. The van der Waals surface area contributed by atoms with Crippen molar-refractivity contribution < 1.29 is 19.1 Å². The van der Waals surface area contributed by atoms with Crippen LogP contribution in [0.4, 0.5) is 0 Å². The van der Waals surface area contributed by atoms with Gasteiger partial charge in [-0.2, -0.15) is 0 Å². The molecule has 180 valence electrons. The molecule has 0 heterocycles. The van der Waals surface area contributed by atoms with Crippen molar-refractivity contribution in [2.24, 2.45) is 46.2 Å². The van der Waals surface area contributed by atoms with Crippen molar-refractivity contribution in [1.29, 1.82) is 0 Å². The first-order valence-electron chi connectivity index (χ1n) is 13.0. The van der Waals surface area contributed by atoms with Gasteiger partial charge in [0.05, 0.1) is 12.5 Å². The number of esters is 1. The minimum atomic E-state index is -0.517. The molecule has 4 aliphatic carbocycles. The molecule has 4 saturated carbocycles. The number of carbonyl (C=O) groups excluding carboxylic acids is 3. The van der Waals surface area contributed by atoms with Crippen LogP contribution in [0.3, 0.4) is 0 Å². The molecule has 9 atom stereocenters. The lowest BCUT2D eigenvalue weighted by Gasteiger charge is -2.61. The van der Waals surface area contributed by atoms with Crippen molar-refractivity contribution in [2.75, 3.05) is 0 Å². The minimum Gasteiger partial charge on any atom is -0.462 e. The molecule has 0 radical (unpaired) electrons. The summed E-state index contributed by atoms with van der Waals surface area (Å²) in [5.41, 5.74) is 6.13. The van der Waals surface area contributed by atoms with E-state index in [1.807, 2.05) is 0 Å². The molecular formula is C27H43NO4. The third-order valence-electron chi connectivity index (χ3n) is 10.5. The Morgan fingerprint density at radius 2 is 1.62 bits per heavy atom. The molecular weight excluding hydrogens is 402 g/mol. The average molecular weight is 446 g/mol. The maximum Gasteiger partial charge on any atom is 0.306 e. The molecule has 5 heteroatoms.